The van der Waals surface area contributed by atoms with Crippen LogP contribution in [0.15, 0.2) is 54.4 Å². The maximum Gasteiger partial charge on any atom is 0.148 e. The molecule has 3 aromatic heterocycles. The number of fused-ring (bicyclic) bond motifs is 1. The number of nitrogens with zero attached hydrogens (tertiary/aromatic N) is 4. The summed E-state index contributed by atoms with van der Waals surface area (Å²) < 4.78 is 16.6. The quantitative estimate of drug-likeness (QED) is 0.615. The van der Waals surface area contributed by atoms with E-state index >= 15 is 0 Å². The first-order chi connectivity index (χ1) is 11.7. The highest BCUT2D eigenvalue weighted by molar-refractivity contribution is 7.17. The van der Waals surface area contributed by atoms with Crippen LogP contribution in [-0.2, 0) is 7.05 Å². The molecule has 24 heavy (non-hydrogen) atoms. The van der Waals surface area contributed by atoms with Crippen LogP contribution in [0.3, 0.4) is 0 Å². The van der Waals surface area contributed by atoms with Crippen LogP contribution in [0.25, 0.3) is 10.2 Å². The minimum absolute atomic E-state index is 0.280. The van der Waals surface area contributed by atoms with Crippen molar-refractivity contribution in [2.45, 2.75) is 6.04 Å². The van der Waals surface area contributed by atoms with E-state index in [1.54, 1.807) is 23.6 Å². The number of benzene rings is 1. The van der Waals surface area contributed by atoms with E-state index < -0.39 is 0 Å². The first-order valence-corrected chi connectivity index (χ1v) is 8.28. The van der Waals surface area contributed by atoms with Gasteiger partial charge < -0.3 is 9.88 Å². The second-order valence-corrected chi connectivity index (χ2v) is 6.30. The molecule has 1 unspecified atom stereocenters. The van der Waals surface area contributed by atoms with Gasteiger partial charge in [-0.3, -0.25) is 0 Å². The van der Waals surface area contributed by atoms with Gasteiger partial charge in [0.25, 0.3) is 0 Å². The van der Waals surface area contributed by atoms with Crippen molar-refractivity contribution in [1.29, 1.82) is 0 Å². The van der Waals surface area contributed by atoms with Crippen molar-refractivity contribution >= 4 is 27.4 Å². The molecule has 0 aliphatic rings. The summed E-state index contributed by atoms with van der Waals surface area (Å²) in [4.78, 5) is 13.0. The highest BCUT2D eigenvalue weighted by Gasteiger charge is 2.20. The van der Waals surface area contributed by atoms with Gasteiger partial charge in [0.2, 0.25) is 0 Å². The van der Waals surface area contributed by atoms with E-state index in [9.17, 15) is 4.39 Å². The molecule has 0 aliphatic heterocycles. The van der Waals surface area contributed by atoms with E-state index in [0.717, 1.165) is 21.6 Å². The topological polar surface area (TPSA) is 55.6 Å². The van der Waals surface area contributed by atoms with Gasteiger partial charge in [0.05, 0.1) is 10.2 Å². The van der Waals surface area contributed by atoms with Gasteiger partial charge in [0.15, 0.2) is 0 Å². The summed E-state index contributed by atoms with van der Waals surface area (Å²) in [6.45, 7) is 0. The van der Waals surface area contributed by atoms with E-state index in [2.05, 4.69) is 20.3 Å². The Morgan fingerprint density at radius 1 is 1.21 bits per heavy atom. The Morgan fingerprint density at radius 3 is 2.92 bits per heavy atom. The van der Waals surface area contributed by atoms with Gasteiger partial charge in [-0.15, -0.1) is 11.3 Å². The van der Waals surface area contributed by atoms with Crippen LogP contribution in [-0.4, -0.2) is 19.5 Å². The maximum atomic E-state index is 13.7. The van der Waals surface area contributed by atoms with Crippen molar-refractivity contribution in [3.05, 3.63) is 71.6 Å². The number of anilines is 1. The Morgan fingerprint density at radius 2 is 2.12 bits per heavy atom. The van der Waals surface area contributed by atoms with Crippen LogP contribution in [0.5, 0.6) is 0 Å². The Kier molecular flexibility index (Phi) is 3.70. The highest BCUT2D eigenvalue weighted by Crippen LogP contribution is 2.30. The molecule has 120 valence electrons. The number of rotatable bonds is 4. The van der Waals surface area contributed by atoms with E-state index in [1.807, 2.05) is 35.3 Å². The first-order valence-electron chi connectivity index (χ1n) is 7.40. The fraction of sp³-hybridized carbons (Fsp3) is 0.118. The third kappa shape index (κ3) is 2.63. The van der Waals surface area contributed by atoms with Gasteiger partial charge in [-0.25, -0.2) is 19.3 Å². The summed E-state index contributed by atoms with van der Waals surface area (Å²) in [5, 5.41) is 5.38. The van der Waals surface area contributed by atoms with E-state index in [4.69, 9.17) is 0 Å². The molecule has 0 amide bonds. The van der Waals surface area contributed by atoms with Gasteiger partial charge in [0, 0.05) is 19.4 Å². The third-order valence-corrected chi connectivity index (χ3v) is 4.73. The molecular formula is C17H14FN5S. The zero-order chi connectivity index (χ0) is 16.5. The predicted octanol–water partition coefficient (Wildman–Crippen LogP) is 3.77. The van der Waals surface area contributed by atoms with Crippen molar-refractivity contribution < 1.29 is 4.39 Å². The number of hydrogen-bond donors (Lipinski definition) is 1. The summed E-state index contributed by atoms with van der Waals surface area (Å²) >= 11 is 1.57. The smallest absolute Gasteiger partial charge is 0.148 e. The fourth-order valence-electron chi connectivity index (χ4n) is 2.67. The summed E-state index contributed by atoms with van der Waals surface area (Å²) in [5.41, 5.74) is 1.67. The molecule has 5 nitrogen and oxygen atoms in total. The van der Waals surface area contributed by atoms with Crippen molar-refractivity contribution in [1.82, 2.24) is 19.5 Å². The molecule has 1 aromatic carbocycles. The summed E-state index contributed by atoms with van der Waals surface area (Å²) in [6.07, 6.45) is 5.12. The van der Waals surface area contributed by atoms with Gasteiger partial charge in [-0.05, 0) is 29.1 Å². The largest absolute Gasteiger partial charge is 0.355 e. The Bertz CT molecular complexity index is 993. The molecule has 0 saturated carbocycles. The number of thiophene rings is 1. The zero-order valence-corrected chi connectivity index (χ0v) is 13.7. The Balaban J connectivity index is 1.81. The van der Waals surface area contributed by atoms with Crippen LogP contribution >= 0.6 is 11.3 Å². The monoisotopic (exact) mass is 339 g/mol. The molecule has 7 heteroatoms. The number of hydrogen-bond acceptors (Lipinski definition) is 5. The lowest BCUT2D eigenvalue weighted by atomic mass is 10.1. The molecule has 4 aromatic rings. The molecule has 0 bridgehead atoms. The Labute approximate surface area is 141 Å². The lowest BCUT2D eigenvalue weighted by molar-refractivity contribution is 0.622. The predicted molar refractivity (Wildman–Crippen MR) is 92.5 cm³/mol. The summed E-state index contributed by atoms with van der Waals surface area (Å²) in [5.74, 6) is 1.22. The van der Waals surface area contributed by atoms with Crippen LogP contribution < -0.4 is 5.32 Å². The molecule has 1 N–H and O–H groups in total. The molecule has 4 rings (SSSR count). The average molecular weight is 339 g/mol. The maximum absolute atomic E-state index is 13.7. The van der Waals surface area contributed by atoms with Crippen LogP contribution in [0, 0.1) is 5.82 Å². The summed E-state index contributed by atoms with van der Waals surface area (Å²) in [7, 11) is 1.91. The lowest BCUT2D eigenvalue weighted by Gasteiger charge is -2.20. The minimum atomic E-state index is -0.319. The normalized spacial score (nSPS) is 12.4. The lowest BCUT2D eigenvalue weighted by Crippen LogP contribution is -2.17. The molecule has 0 spiro atoms. The SMILES string of the molecule is Cn1ccnc1C(Nc1ncnc2ccsc12)c1cccc(F)c1. The Hall–Kier alpha value is -2.80. The molecule has 0 aliphatic carbocycles. The second-order valence-electron chi connectivity index (χ2n) is 5.39. The van der Waals surface area contributed by atoms with Gasteiger partial charge >= 0.3 is 0 Å². The zero-order valence-electron chi connectivity index (χ0n) is 12.8. The van der Waals surface area contributed by atoms with Crippen molar-refractivity contribution in [3.63, 3.8) is 0 Å². The molecule has 0 saturated heterocycles. The molecule has 0 fully saturated rings. The third-order valence-electron chi connectivity index (χ3n) is 3.82. The van der Waals surface area contributed by atoms with Gasteiger partial charge in [-0.2, -0.15) is 0 Å². The van der Waals surface area contributed by atoms with Gasteiger partial charge in [-0.1, -0.05) is 12.1 Å². The van der Waals surface area contributed by atoms with Crippen molar-refractivity contribution in [2.24, 2.45) is 7.05 Å². The standard InChI is InChI=1S/C17H14FN5S/c1-23-7-6-19-17(23)14(11-3-2-4-12(18)9-11)22-16-15-13(5-8-24-15)20-10-21-16/h2-10,14H,1H3,(H,20,21,22). The van der Waals surface area contributed by atoms with E-state index in [0.29, 0.717) is 5.82 Å². The number of halogens is 1. The van der Waals surface area contributed by atoms with Crippen molar-refractivity contribution in [3.8, 4) is 0 Å². The van der Waals surface area contributed by atoms with Crippen LogP contribution in [0.2, 0.25) is 0 Å². The van der Waals surface area contributed by atoms with Crippen LogP contribution in [0.4, 0.5) is 10.2 Å². The number of nitrogens with one attached hydrogen (secondary N) is 1. The fourth-order valence-corrected chi connectivity index (χ4v) is 3.46. The second kappa shape index (κ2) is 6.01. The average Bonchev–Trinajstić information content (AvgIpc) is 3.21. The first kappa shape index (κ1) is 14.8. The number of aryl methyl sites for hydroxylation is 1. The molecule has 1 atom stereocenters. The molecular weight excluding hydrogens is 325 g/mol. The van der Waals surface area contributed by atoms with E-state index in [-0.39, 0.29) is 11.9 Å². The summed E-state index contributed by atoms with van der Waals surface area (Å²) in [6, 6.07) is 8.15. The highest BCUT2D eigenvalue weighted by atomic mass is 32.1. The van der Waals surface area contributed by atoms with Gasteiger partial charge in [0.1, 0.15) is 29.8 Å². The van der Waals surface area contributed by atoms with Crippen LogP contribution in [0.1, 0.15) is 17.4 Å². The minimum Gasteiger partial charge on any atom is -0.355 e. The number of aromatic nitrogens is 4. The number of imidazole rings is 1. The molecule has 3 heterocycles. The molecule has 0 radical (unpaired) electrons. The van der Waals surface area contributed by atoms with E-state index in [1.165, 1.54) is 18.5 Å². The van der Waals surface area contributed by atoms with Crippen molar-refractivity contribution in [2.75, 3.05) is 5.32 Å².